The first kappa shape index (κ1) is 13.3. The van der Waals surface area contributed by atoms with Gasteiger partial charge in [0.2, 0.25) is 5.88 Å². The van der Waals surface area contributed by atoms with Crippen LogP contribution in [0.5, 0.6) is 5.88 Å². The first-order valence-electron chi connectivity index (χ1n) is 5.33. The van der Waals surface area contributed by atoms with Crippen LogP contribution in [-0.4, -0.2) is 24.5 Å². The Labute approximate surface area is 102 Å². The van der Waals surface area contributed by atoms with Crippen molar-refractivity contribution in [1.82, 2.24) is 10.3 Å². The molecule has 0 radical (unpaired) electrons. The largest absolute Gasteiger partial charge is 0.481 e. The monoisotopic (exact) mass is 242 g/mol. The van der Waals surface area contributed by atoms with Crippen molar-refractivity contribution in [3.8, 4) is 5.88 Å². The summed E-state index contributed by atoms with van der Waals surface area (Å²) in [5.74, 6) is 1.32. The molecule has 0 saturated carbocycles. The zero-order chi connectivity index (χ0) is 12.0. The predicted molar refractivity (Wildman–Crippen MR) is 67.0 cm³/mol. The summed E-state index contributed by atoms with van der Waals surface area (Å²) < 4.78 is 5.18. The fraction of sp³-hybridized carbons (Fsp3) is 0.583. The van der Waals surface area contributed by atoms with E-state index in [1.165, 1.54) is 0 Å². The molecule has 0 saturated heterocycles. The Hall–Kier alpha value is -0.800. The standard InChI is InChI=1S/C12H19ClN2O/c1-12(2,8-13)9-14-7-10-5-4-6-15-11(10)16-3/h4-6,14H,7-9H2,1-3H3. The minimum atomic E-state index is 0.108. The highest BCUT2D eigenvalue weighted by Crippen LogP contribution is 2.17. The molecule has 0 aliphatic heterocycles. The normalized spacial score (nSPS) is 11.5. The zero-order valence-corrected chi connectivity index (χ0v) is 10.8. The second-order valence-electron chi connectivity index (χ2n) is 4.57. The molecule has 1 heterocycles. The molecule has 0 fully saturated rings. The Kier molecular flexibility index (Phi) is 5.03. The summed E-state index contributed by atoms with van der Waals surface area (Å²) in [5.41, 5.74) is 1.17. The molecular weight excluding hydrogens is 224 g/mol. The third-order valence-corrected chi connectivity index (χ3v) is 3.05. The van der Waals surface area contributed by atoms with E-state index in [1.54, 1.807) is 13.3 Å². The average Bonchev–Trinajstić information content (AvgIpc) is 2.29. The lowest BCUT2D eigenvalue weighted by Gasteiger charge is -2.21. The van der Waals surface area contributed by atoms with E-state index in [-0.39, 0.29) is 5.41 Å². The molecule has 16 heavy (non-hydrogen) atoms. The van der Waals surface area contributed by atoms with Gasteiger partial charge in [-0.15, -0.1) is 11.6 Å². The SMILES string of the molecule is COc1ncccc1CNCC(C)(C)CCl. The van der Waals surface area contributed by atoms with Gasteiger partial charge < -0.3 is 10.1 Å². The number of hydrogen-bond acceptors (Lipinski definition) is 3. The molecular formula is C12H19ClN2O. The Morgan fingerprint density at radius 2 is 2.25 bits per heavy atom. The van der Waals surface area contributed by atoms with Crippen LogP contribution in [0.25, 0.3) is 0 Å². The minimum absolute atomic E-state index is 0.108. The molecule has 1 N–H and O–H groups in total. The van der Waals surface area contributed by atoms with Crippen molar-refractivity contribution in [2.45, 2.75) is 20.4 Å². The van der Waals surface area contributed by atoms with Gasteiger partial charge >= 0.3 is 0 Å². The van der Waals surface area contributed by atoms with Crippen molar-refractivity contribution in [2.75, 3.05) is 19.5 Å². The number of pyridine rings is 1. The van der Waals surface area contributed by atoms with Gasteiger partial charge in [-0.1, -0.05) is 19.9 Å². The molecule has 0 unspecified atom stereocenters. The molecule has 0 atom stereocenters. The van der Waals surface area contributed by atoms with Crippen LogP contribution in [-0.2, 0) is 6.54 Å². The lowest BCUT2D eigenvalue weighted by atomic mass is 9.96. The maximum absolute atomic E-state index is 5.86. The molecule has 0 amide bonds. The van der Waals surface area contributed by atoms with Gasteiger partial charge in [0.05, 0.1) is 7.11 Å². The predicted octanol–water partition coefficient (Wildman–Crippen LogP) is 2.44. The minimum Gasteiger partial charge on any atom is -0.481 e. The van der Waals surface area contributed by atoms with Crippen molar-refractivity contribution in [3.05, 3.63) is 23.9 Å². The van der Waals surface area contributed by atoms with Crippen molar-refractivity contribution >= 4 is 11.6 Å². The zero-order valence-electron chi connectivity index (χ0n) is 10.1. The van der Waals surface area contributed by atoms with Crippen LogP contribution >= 0.6 is 11.6 Å². The highest BCUT2D eigenvalue weighted by atomic mass is 35.5. The first-order chi connectivity index (χ1) is 7.59. The fourth-order valence-electron chi connectivity index (χ4n) is 1.33. The number of methoxy groups -OCH3 is 1. The third-order valence-electron chi connectivity index (χ3n) is 2.32. The highest BCUT2D eigenvalue weighted by Gasteiger charge is 2.15. The molecule has 0 spiro atoms. The van der Waals surface area contributed by atoms with Crippen LogP contribution in [0, 0.1) is 5.41 Å². The molecule has 90 valence electrons. The topological polar surface area (TPSA) is 34.1 Å². The smallest absolute Gasteiger partial charge is 0.217 e. The van der Waals surface area contributed by atoms with Crippen LogP contribution in [0.1, 0.15) is 19.4 Å². The van der Waals surface area contributed by atoms with E-state index in [4.69, 9.17) is 16.3 Å². The van der Waals surface area contributed by atoms with Gasteiger partial charge in [-0.2, -0.15) is 0 Å². The molecule has 1 rings (SSSR count). The van der Waals surface area contributed by atoms with Gasteiger partial charge in [0.1, 0.15) is 0 Å². The van der Waals surface area contributed by atoms with Crippen LogP contribution in [0.3, 0.4) is 0 Å². The van der Waals surface area contributed by atoms with Crippen molar-refractivity contribution in [2.24, 2.45) is 5.41 Å². The number of aromatic nitrogens is 1. The van der Waals surface area contributed by atoms with Crippen LogP contribution in [0.15, 0.2) is 18.3 Å². The van der Waals surface area contributed by atoms with E-state index in [0.29, 0.717) is 11.8 Å². The maximum Gasteiger partial charge on any atom is 0.217 e. The second kappa shape index (κ2) is 6.06. The number of rotatable bonds is 6. The number of nitrogens with zero attached hydrogens (tertiary/aromatic N) is 1. The fourth-order valence-corrected chi connectivity index (χ4v) is 1.42. The summed E-state index contributed by atoms with van der Waals surface area (Å²) in [5, 5.41) is 3.36. The highest BCUT2D eigenvalue weighted by molar-refractivity contribution is 6.18. The Morgan fingerprint density at radius 3 is 2.88 bits per heavy atom. The summed E-state index contributed by atoms with van der Waals surface area (Å²) in [4.78, 5) is 4.14. The Bertz CT molecular complexity index is 329. The van der Waals surface area contributed by atoms with Gasteiger partial charge in [-0.05, 0) is 11.5 Å². The van der Waals surface area contributed by atoms with Gasteiger partial charge in [-0.25, -0.2) is 4.98 Å². The summed E-state index contributed by atoms with van der Waals surface area (Å²) >= 11 is 5.86. The summed E-state index contributed by atoms with van der Waals surface area (Å²) in [6.07, 6.45) is 1.73. The summed E-state index contributed by atoms with van der Waals surface area (Å²) in [6, 6.07) is 3.92. The quantitative estimate of drug-likeness (QED) is 0.779. The van der Waals surface area contributed by atoms with E-state index < -0.39 is 0 Å². The van der Waals surface area contributed by atoms with Crippen LogP contribution in [0.4, 0.5) is 0 Å². The number of nitrogens with one attached hydrogen (secondary N) is 1. The van der Waals surface area contributed by atoms with E-state index in [2.05, 4.69) is 24.1 Å². The van der Waals surface area contributed by atoms with Gasteiger partial charge in [0, 0.05) is 30.7 Å². The van der Waals surface area contributed by atoms with E-state index >= 15 is 0 Å². The van der Waals surface area contributed by atoms with Crippen molar-refractivity contribution in [3.63, 3.8) is 0 Å². The van der Waals surface area contributed by atoms with Gasteiger partial charge in [-0.3, -0.25) is 0 Å². The second-order valence-corrected chi connectivity index (χ2v) is 4.84. The average molecular weight is 243 g/mol. The van der Waals surface area contributed by atoms with Crippen LogP contribution < -0.4 is 10.1 Å². The lowest BCUT2D eigenvalue weighted by molar-refractivity contribution is 0.371. The van der Waals surface area contributed by atoms with Crippen LogP contribution in [0.2, 0.25) is 0 Å². The van der Waals surface area contributed by atoms with Gasteiger partial charge in [0.15, 0.2) is 0 Å². The molecule has 3 nitrogen and oxygen atoms in total. The van der Waals surface area contributed by atoms with Gasteiger partial charge in [0.25, 0.3) is 0 Å². The molecule has 0 aromatic carbocycles. The molecule has 1 aromatic rings. The molecule has 0 aliphatic carbocycles. The lowest BCUT2D eigenvalue weighted by Crippen LogP contribution is -2.30. The number of alkyl halides is 1. The summed E-state index contributed by atoms with van der Waals surface area (Å²) in [6.45, 7) is 5.88. The van der Waals surface area contributed by atoms with Crippen molar-refractivity contribution in [1.29, 1.82) is 0 Å². The van der Waals surface area contributed by atoms with Crippen molar-refractivity contribution < 1.29 is 4.74 Å². The molecule has 0 aliphatic rings. The first-order valence-corrected chi connectivity index (χ1v) is 5.87. The summed E-state index contributed by atoms with van der Waals surface area (Å²) in [7, 11) is 1.63. The molecule has 0 bridgehead atoms. The third kappa shape index (κ3) is 3.99. The molecule has 4 heteroatoms. The van der Waals surface area contributed by atoms with E-state index in [0.717, 1.165) is 18.7 Å². The number of ether oxygens (including phenoxy) is 1. The van der Waals surface area contributed by atoms with E-state index in [1.807, 2.05) is 12.1 Å². The number of hydrogen-bond donors (Lipinski definition) is 1. The maximum atomic E-state index is 5.86. The Morgan fingerprint density at radius 1 is 1.50 bits per heavy atom. The van der Waals surface area contributed by atoms with E-state index in [9.17, 15) is 0 Å². The Balaban J connectivity index is 2.49. The molecule has 1 aromatic heterocycles. The number of halogens is 1.